The van der Waals surface area contributed by atoms with Gasteiger partial charge in [-0.3, -0.25) is 9.59 Å². The van der Waals surface area contributed by atoms with Crippen LogP contribution >= 0.6 is 0 Å². The Morgan fingerprint density at radius 3 is 2.31 bits per heavy atom. The van der Waals surface area contributed by atoms with E-state index in [1.807, 2.05) is 31.7 Å². The number of aromatic nitrogens is 4. The molecule has 1 N–H and O–H groups in total. The zero-order valence-corrected chi connectivity index (χ0v) is 24.8. The third kappa shape index (κ3) is 5.25. The van der Waals surface area contributed by atoms with Crippen LogP contribution in [0, 0.1) is 0 Å². The van der Waals surface area contributed by atoms with Crippen molar-refractivity contribution in [3.63, 3.8) is 0 Å². The van der Waals surface area contributed by atoms with Gasteiger partial charge in [-0.25, -0.2) is 14.8 Å². The van der Waals surface area contributed by atoms with Crippen molar-refractivity contribution in [2.24, 2.45) is 0 Å². The SMILES string of the molecule is CN(C)C(=O)c1cc2cnc(Nc3ccc(C(=O)N4C[C@@H]5CC4CN5C(=O)OC(C)(C)C)cn3)nc2n1C1CCCC1. The van der Waals surface area contributed by atoms with E-state index in [9.17, 15) is 14.4 Å². The highest BCUT2D eigenvalue weighted by molar-refractivity contribution is 5.98. The molecule has 0 aromatic carbocycles. The van der Waals surface area contributed by atoms with Crippen LogP contribution in [0.15, 0.2) is 30.6 Å². The number of piperazine rings is 1. The topological polar surface area (TPSA) is 126 Å². The summed E-state index contributed by atoms with van der Waals surface area (Å²) in [6.07, 6.45) is 7.99. The summed E-state index contributed by atoms with van der Waals surface area (Å²) in [4.78, 5) is 57.7. The maximum Gasteiger partial charge on any atom is 0.410 e. The van der Waals surface area contributed by atoms with Gasteiger partial charge in [0.05, 0.1) is 17.6 Å². The van der Waals surface area contributed by atoms with E-state index in [1.54, 1.807) is 48.4 Å². The van der Waals surface area contributed by atoms with Gasteiger partial charge in [-0.2, -0.15) is 4.98 Å². The number of hydrogen-bond donors (Lipinski definition) is 1. The second-order valence-corrected chi connectivity index (χ2v) is 12.7. The van der Waals surface area contributed by atoms with Crippen LogP contribution in [0.25, 0.3) is 11.0 Å². The second kappa shape index (κ2) is 10.6. The minimum Gasteiger partial charge on any atom is -0.444 e. The summed E-state index contributed by atoms with van der Waals surface area (Å²) >= 11 is 0. The van der Waals surface area contributed by atoms with Crippen molar-refractivity contribution >= 4 is 40.7 Å². The van der Waals surface area contributed by atoms with Crippen molar-refractivity contribution in [1.29, 1.82) is 0 Å². The molecule has 3 aliphatic rings. The molecule has 0 radical (unpaired) electrons. The second-order valence-electron chi connectivity index (χ2n) is 12.7. The van der Waals surface area contributed by atoms with Gasteiger partial charge in [0.15, 0.2) is 0 Å². The van der Waals surface area contributed by atoms with Crippen LogP contribution < -0.4 is 5.32 Å². The van der Waals surface area contributed by atoms with Crippen molar-refractivity contribution < 1.29 is 19.1 Å². The zero-order valence-electron chi connectivity index (χ0n) is 24.8. The highest BCUT2D eigenvalue weighted by Crippen LogP contribution is 2.35. The zero-order chi connectivity index (χ0) is 29.8. The fraction of sp³-hybridized carbons (Fsp3) is 0.533. The molecule has 1 unspecified atom stereocenters. The van der Waals surface area contributed by atoms with Gasteiger partial charge in [0.25, 0.3) is 11.8 Å². The van der Waals surface area contributed by atoms with Crippen LogP contribution in [0.1, 0.15) is 79.8 Å². The van der Waals surface area contributed by atoms with E-state index in [4.69, 9.17) is 9.72 Å². The van der Waals surface area contributed by atoms with Gasteiger partial charge < -0.3 is 29.3 Å². The lowest BCUT2D eigenvalue weighted by atomic mass is 10.2. The normalized spacial score (nSPS) is 20.4. The van der Waals surface area contributed by atoms with E-state index < -0.39 is 5.60 Å². The number of likely N-dealkylation sites (tertiary alicyclic amines) is 2. The Morgan fingerprint density at radius 2 is 1.69 bits per heavy atom. The fourth-order valence-corrected chi connectivity index (χ4v) is 6.33. The molecule has 1 saturated carbocycles. The molecule has 3 fully saturated rings. The van der Waals surface area contributed by atoms with Crippen molar-refractivity contribution in [3.8, 4) is 0 Å². The summed E-state index contributed by atoms with van der Waals surface area (Å²) in [6, 6.07) is 5.50. The molecule has 42 heavy (non-hydrogen) atoms. The number of carbonyl (C=O) groups is 3. The number of carbonyl (C=O) groups excluding carboxylic acids is 3. The molecule has 1 aliphatic carbocycles. The number of rotatable bonds is 5. The molecule has 2 saturated heterocycles. The van der Waals surface area contributed by atoms with Crippen molar-refractivity contribution in [1.82, 2.24) is 34.2 Å². The van der Waals surface area contributed by atoms with E-state index >= 15 is 0 Å². The summed E-state index contributed by atoms with van der Waals surface area (Å²) in [5, 5.41) is 3.97. The number of nitrogens with zero attached hydrogens (tertiary/aromatic N) is 7. The van der Waals surface area contributed by atoms with Gasteiger partial charge in [0.2, 0.25) is 5.95 Å². The van der Waals surface area contributed by atoms with Crippen molar-refractivity contribution in [3.05, 3.63) is 41.9 Å². The molecule has 3 amide bonds. The first kappa shape index (κ1) is 27.9. The van der Waals surface area contributed by atoms with Crippen LogP contribution in [0.4, 0.5) is 16.6 Å². The number of amides is 3. The maximum atomic E-state index is 13.3. The molecule has 12 heteroatoms. The number of ether oxygens (including phenoxy) is 1. The van der Waals surface area contributed by atoms with Gasteiger partial charge in [0, 0.05) is 51.0 Å². The molecule has 222 valence electrons. The predicted octanol–water partition coefficient (Wildman–Crippen LogP) is 4.22. The first-order valence-electron chi connectivity index (χ1n) is 14.6. The molecule has 5 heterocycles. The average molecular weight is 575 g/mol. The number of hydrogen-bond acceptors (Lipinski definition) is 8. The van der Waals surface area contributed by atoms with Gasteiger partial charge in [-0.15, -0.1) is 0 Å². The molecule has 3 aromatic rings. The van der Waals surface area contributed by atoms with Crippen LogP contribution in [-0.4, -0.2) is 97.0 Å². The average Bonchev–Trinajstić information content (AvgIpc) is 3.74. The van der Waals surface area contributed by atoms with Gasteiger partial charge >= 0.3 is 6.09 Å². The van der Waals surface area contributed by atoms with Gasteiger partial charge in [-0.1, -0.05) is 12.8 Å². The first-order valence-corrected chi connectivity index (χ1v) is 14.6. The minimum absolute atomic E-state index is 0.0340. The lowest BCUT2D eigenvalue weighted by Crippen LogP contribution is -2.51. The number of nitrogens with one attached hydrogen (secondary N) is 1. The summed E-state index contributed by atoms with van der Waals surface area (Å²) in [7, 11) is 3.51. The molecule has 2 aliphatic heterocycles. The highest BCUT2D eigenvalue weighted by Gasteiger charge is 2.48. The molecular weight excluding hydrogens is 536 g/mol. The summed E-state index contributed by atoms with van der Waals surface area (Å²) in [5.41, 5.74) is 1.27. The van der Waals surface area contributed by atoms with E-state index in [-0.39, 0.29) is 36.0 Å². The molecule has 2 bridgehead atoms. The Kier molecular flexibility index (Phi) is 7.02. The number of pyridine rings is 1. The number of anilines is 2. The third-order valence-corrected chi connectivity index (χ3v) is 8.27. The van der Waals surface area contributed by atoms with E-state index in [0.717, 1.165) is 43.1 Å². The van der Waals surface area contributed by atoms with Crippen LogP contribution in [-0.2, 0) is 4.74 Å². The largest absolute Gasteiger partial charge is 0.444 e. The van der Waals surface area contributed by atoms with E-state index in [2.05, 4.69) is 19.9 Å². The summed E-state index contributed by atoms with van der Waals surface area (Å²) < 4.78 is 7.60. The van der Waals surface area contributed by atoms with Gasteiger partial charge in [-0.05, 0) is 58.2 Å². The fourth-order valence-electron chi connectivity index (χ4n) is 6.33. The number of fused-ring (bicyclic) bond motifs is 3. The smallest absolute Gasteiger partial charge is 0.410 e. The monoisotopic (exact) mass is 574 g/mol. The third-order valence-electron chi connectivity index (χ3n) is 8.27. The highest BCUT2D eigenvalue weighted by atomic mass is 16.6. The molecule has 12 nitrogen and oxygen atoms in total. The summed E-state index contributed by atoms with van der Waals surface area (Å²) in [6.45, 7) is 6.51. The Morgan fingerprint density at radius 1 is 0.976 bits per heavy atom. The van der Waals surface area contributed by atoms with Crippen LogP contribution in [0.3, 0.4) is 0 Å². The van der Waals surface area contributed by atoms with Crippen LogP contribution in [0.5, 0.6) is 0 Å². The Hall–Kier alpha value is -4.22. The molecule has 6 rings (SSSR count). The molecule has 3 aromatic heterocycles. The molecule has 2 atom stereocenters. The lowest BCUT2D eigenvalue weighted by Gasteiger charge is -2.35. The van der Waals surface area contributed by atoms with Crippen LogP contribution in [0.2, 0.25) is 0 Å². The minimum atomic E-state index is -0.555. The standard InChI is InChI=1S/C30H38N8O4/c1-30(2,3)42-29(41)37-17-21-13-22(37)16-36(21)26(39)18-10-11-24(31-14-18)33-28-32-15-19-12-23(27(40)35(4)5)38(25(19)34-28)20-8-6-7-9-20/h10-12,14-15,20-22H,6-9,13,16-17H2,1-5H3,(H,31,32,33,34)/t21?,22-/m0/s1. The van der Waals surface area contributed by atoms with Crippen molar-refractivity contribution in [2.75, 3.05) is 32.5 Å². The van der Waals surface area contributed by atoms with Crippen molar-refractivity contribution in [2.45, 2.75) is 76.6 Å². The Bertz CT molecular complexity index is 1520. The Labute approximate surface area is 245 Å². The predicted molar refractivity (Wildman–Crippen MR) is 157 cm³/mol. The lowest BCUT2D eigenvalue weighted by molar-refractivity contribution is 0.0126. The molecule has 0 spiro atoms. The van der Waals surface area contributed by atoms with E-state index in [0.29, 0.717) is 36.1 Å². The van der Waals surface area contributed by atoms with Gasteiger partial charge in [0.1, 0.15) is 22.8 Å². The van der Waals surface area contributed by atoms with E-state index in [1.165, 1.54) is 0 Å². The first-order chi connectivity index (χ1) is 20.0. The maximum absolute atomic E-state index is 13.3. The Balaban J connectivity index is 1.15. The quantitative estimate of drug-likeness (QED) is 0.480. The molecular formula is C30H38N8O4. The summed E-state index contributed by atoms with van der Waals surface area (Å²) in [5.74, 6) is 0.721.